The van der Waals surface area contributed by atoms with Crippen LogP contribution in [0, 0.1) is 3.57 Å². The number of amides is 2. The van der Waals surface area contributed by atoms with Crippen LogP contribution < -0.4 is 10.6 Å². The summed E-state index contributed by atoms with van der Waals surface area (Å²) in [5, 5.41) is 6.11. The first-order valence-electron chi connectivity index (χ1n) is 5.09. The fraction of sp³-hybridized carbons (Fsp3) is 0.273. The lowest BCUT2D eigenvalue weighted by Crippen LogP contribution is -2.34. The third-order valence-corrected chi connectivity index (χ3v) is 4.02. The molecule has 0 spiro atoms. The Balaban J connectivity index is 2.64. The maximum absolute atomic E-state index is 11.9. The molecule has 0 fully saturated rings. The van der Waals surface area contributed by atoms with Crippen molar-refractivity contribution in [3.05, 3.63) is 31.3 Å². The van der Waals surface area contributed by atoms with Crippen LogP contribution in [0.2, 0.25) is 10.0 Å². The normalized spacial score (nSPS) is 10.0. The Hall–Kier alpha value is -0.530. The summed E-state index contributed by atoms with van der Waals surface area (Å²) in [7, 11) is 0. The van der Waals surface area contributed by atoms with Gasteiger partial charge in [0.1, 0.15) is 0 Å². The zero-order valence-electron chi connectivity index (χ0n) is 9.52. The average Bonchev–Trinajstić information content (AvgIpc) is 2.28. The summed E-state index contributed by atoms with van der Waals surface area (Å²) >= 11 is 13.8. The molecule has 0 unspecified atom stereocenters. The number of nitrogens with one attached hydrogen (secondary N) is 2. The second-order valence-corrected chi connectivity index (χ2v) is 5.41. The monoisotopic (exact) mass is 400 g/mol. The molecule has 0 saturated carbocycles. The molecular formula is C11H11Cl2IN2O2. The zero-order valence-corrected chi connectivity index (χ0v) is 13.2. The molecule has 2 N–H and O–H groups in total. The van der Waals surface area contributed by atoms with Gasteiger partial charge in [-0.05, 0) is 34.7 Å². The summed E-state index contributed by atoms with van der Waals surface area (Å²) in [6, 6.07) is 3.14. The number of hydrogen-bond acceptors (Lipinski definition) is 2. The molecule has 0 aliphatic heterocycles. The first-order chi connectivity index (χ1) is 8.41. The van der Waals surface area contributed by atoms with Crippen LogP contribution in [0.4, 0.5) is 0 Å². The van der Waals surface area contributed by atoms with E-state index in [4.69, 9.17) is 23.2 Å². The molecule has 18 heavy (non-hydrogen) atoms. The standard InChI is InChI=1S/C11H11Cl2IN2O2/c1-6(17)15-2-3-16-11(18)8-4-7(12)5-9(13)10(8)14/h4-5H,2-3H2,1H3,(H,15,17)(H,16,18). The van der Waals surface area contributed by atoms with Crippen molar-refractivity contribution in [2.75, 3.05) is 13.1 Å². The number of halogens is 3. The molecule has 0 aromatic heterocycles. The molecule has 1 aromatic rings. The Morgan fingerprint density at radius 3 is 2.44 bits per heavy atom. The predicted octanol–water partition coefficient (Wildman–Crippen LogP) is 2.46. The summed E-state index contributed by atoms with van der Waals surface area (Å²) < 4.78 is 0.649. The Bertz CT molecular complexity index is 480. The van der Waals surface area contributed by atoms with E-state index in [-0.39, 0.29) is 11.8 Å². The van der Waals surface area contributed by atoms with E-state index in [2.05, 4.69) is 10.6 Å². The lowest BCUT2D eigenvalue weighted by atomic mass is 10.2. The minimum absolute atomic E-state index is 0.135. The van der Waals surface area contributed by atoms with Gasteiger partial charge >= 0.3 is 0 Å². The van der Waals surface area contributed by atoms with E-state index in [9.17, 15) is 9.59 Å². The SMILES string of the molecule is CC(=O)NCCNC(=O)c1cc(Cl)cc(Cl)c1I. The van der Waals surface area contributed by atoms with Crippen molar-refractivity contribution in [2.24, 2.45) is 0 Å². The van der Waals surface area contributed by atoms with Gasteiger partial charge in [-0.3, -0.25) is 9.59 Å². The van der Waals surface area contributed by atoms with Crippen molar-refractivity contribution in [2.45, 2.75) is 6.92 Å². The molecule has 0 saturated heterocycles. The first kappa shape index (κ1) is 15.5. The fourth-order valence-corrected chi connectivity index (χ4v) is 2.28. The van der Waals surface area contributed by atoms with Crippen LogP contribution in [0.5, 0.6) is 0 Å². The molecule has 7 heteroatoms. The van der Waals surface area contributed by atoms with Crippen LogP contribution in [-0.4, -0.2) is 24.9 Å². The molecule has 0 heterocycles. The molecule has 0 radical (unpaired) electrons. The quantitative estimate of drug-likeness (QED) is 0.463. The van der Waals surface area contributed by atoms with Gasteiger partial charge in [-0.25, -0.2) is 0 Å². The lowest BCUT2D eigenvalue weighted by molar-refractivity contribution is -0.118. The van der Waals surface area contributed by atoms with Crippen LogP contribution in [0.1, 0.15) is 17.3 Å². The molecule has 2 amide bonds. The second-order valence-electron chi connectivity index (χ2n) is 3.49. The molecule has 98 valence electrons. The Labute approximate surface area is 129 Å². The van der Waals surface area contributed by atoms with E-state index in [1.807, 2.05) is 22.6 Å². The van der Waals surface area contributed by atoms with E-state index in [0.717, 1.165) is 0 Å². The van der Waals surface area contributed by atoms with E-state index in [1.54, 1.807) is 12.1 Å². The highest BCUT2D eigenvalue weighted by molar-refractivity contribution is 14.1. The molecular weight excluding hydrogens is 390 g/mol. The van der Waals surface area contributed by atoms with Gasteiger partial charge in [-0.15, -0.1) is 0 Å². The van der Waals surface area contributed by atoms with Crippen molar-refractivity contribution in [1.29, 1.82) is 0 Å². The van der Waals surface area contributed by atoms with Crippen molar-refractivity contribution in [1.82, 2.24) is 10.6 Å². The van der Waals surface area contributed by atoms with Crippen LogP contribution in [-0.2, 0) is 4.79 Å². The van der Waals surface area contributed by atoms with E-state index >= 15 is 0 Å². The van der Waals surface area contributed by atoms with Crippen molar-refractivity contribution < 1.29 is 9.59 Å². The highest BCUT2D eigenvalue weighted by atomic mass is 127. The van der Waals surface area contributed by atoms with Crippen molar-refractivity contribution in [3.8, 4) is 0 Å². The second kappa shape index (κ2) is 7.16. The largest absolute Gasteiger partial charge is 0.355 e. The van der Waals surface area contributed by atoms with Gasteiger partial charge in [-0.1, -0.05) is 23.2 Å². The van der Waals surface area contributed by atoms with Crippen molar-refractivity contribution in [3.63, 3.8) is 0 Å². The maximum Gasteiger partial charge on any atom is 0.252 e. The summed E-state index contributed by atoms with van der Waals surface area (Å²) in [5.41, 5.74) is 0.427. The van der Waals surface area contributed by atoms with Crippen LogP contribution >= 0.6 is 45.8 Å². The molecule has 1 rings (SSSR count). The average molecular weight is 401 g/mol. The summed E-state index contributed by atoms with van der Waals surface area (Å²) in [6.45, 7) is 2.14. The smallest absolute Gasteiger partial charge is 0.252 e. The van der Waals surface area contributed by atoms with E-state index < -0.39 is 0 Å². The van der Waals surface area contributed by atoms with E-state index in [1.165, 1.54) is 6.92 Å². The van der Waals surface area contributed by atoms with Gasteiger partial charge in [0.25, 0.3) is 5.91 Å². The number of carbonyl (C=O) groups is 2. The van der Waals surface area contributed by atoms with Gasteiger partial charge < -0.3 is 10.6 Å². The zero-order chi connectivity index (χ0) is 13.7. The highest BCUT2D eigenvalue weighted by Gasteiger charge is 2.13. The number of benzene rings is 1. The minimum atomic E-state index is -0.269. The lowest BCUT2D eigenvalue weighted by Gasteiger charge is -2.08. The molecule has 1 aromatic carbocycles. The molecule has 0 atom stereocenters. The van der Waals surface area contributed by atoms with Crippen molar-refractivity contribution >= 4 is 57.6 Å². The summed E-state index contributed by atoms with van der Waals surface area (Å²) in [6.07, 6.45) is 0. The fourth-order valence-electron chi connectivity index (χ4n) is 1.23. The Kier molecular flexibility index (Phi) is 6.17. The van der Waals surface area contributed by atoms with Gasteiger partial charge in [0.2, 0.25) is 5.91 Å². The number of rotatable bonds is 4. The third kappa shape index (κ3) is 4.62. The third-order valence-electron chi connectivity index (χ3n) is 2.02. The molecule has 0 aliphatic carbocycles. The predicted molar refractivity (Wildman–Crippen MR) is 80.2 cm³/mol. The van der Waals surface area contributed by atoms with Crippen LogP contribution in [0.15, 0.2) is 12.1 Å². The summed E-state index contributed by atoms with van der Waals surface area (Å²) in [5.74, 6) is -0.404. The molecule has 0 bridgehead atoms. The van der Waals surface area contributed by atoms with Crippen LogP contribution in [0.3, 0.4) is 0 Å². The minimum Gasteiger partial charge on any atom is -0.355 e. The number of hydrogen-bond donors (Lipinski definition) is 2. The van der Waals surface area contributed by atoms with Gasteiger partial charge in [-0.2, -0.15) is 0 Å². The van der Waals surface area contributed by atoms with Crippen LogP contribution in [0.25, 0.3) is 0 Å². The highest BCUT2D eigenvalue weighted by Crippen LogP contribution is 2.26. The number of carbonyl (C=O) groups excluding carboxylic acids is 2. The topological polar surface area (TPSA) is 58.2 Å². The molecule has 4 nitrogen and oxygen atoms in total. The Morgan fingerprint density at radius 2 is 1.83 bits per heavy atom. The van der Waals surface area contributed by atoms with E-state index in [0.29, 0.717) is 32.3 Å². The Morgan fingerprint density at radius 1 is 1.22 bits per heavy atom. The van der Waals surface area contributed by atoms with Gasteiger partial charge in [0, 0.05) is 28.6 Å². The molecule has 0 aliphatic rings. The summed E-state index contributed by atoms with van der Waals surface area (Å²) in [4.78, 5) is 22.5. The maximum atomic E-state index is 11.9. The van der Waals surface area contributed by atoms with Gasteiger partial charge in [0.15, 0.2) is 0 Å². The van der Waals surface area contributed by atoms with Gasteiger partial charge in [0.05, 0.1) is 10.6 Å². The first-order valence-corrected chi connectivity index (χ1v) is 6.92.